The lowest BCUT2D eigenvalue weighted by Crippen LogP contribution is -2.30. The third-order valence-corrected chi connectivity index (χ3v) is 1.99. The molecule has 0 fully saturated rings. The Balaban J connectivity index is 3.29. The van der Waals surface area contributed by atoms with Crippen LogP contribution in [0.5, 0.6) is 0 Å². The van der Waals surface area contributed by atoms with Crippen molar-refractivity contribution in [3.63, 3.8) is 0 Å². The lowest BCUT2D eigenvalue weighted by atomic mass is 10.1. The molecule has 0 heterocycles. The summed E-state index contributed by atoms with van der Waals surface area (Å²) >= 11 is 0. The number of nitro groups is 1. The summed E-state index contributed by atoms with van der Waals surface area (Å²) in [5, 5.41) is 20.5. The number of methoxy groups -OCH3 is 2. The molecule has 15 heavy (non-hydrogen) atoms. The van der Waals surface area contributed by atoms with E-state index in [0.29, 0.717) is 0 Å². The van der Waals surface area contributed by atoms with E-state index in [-0.39, 0.29) is 11.3 Å². The van der Waals surface area contributed by atoms with Crippen LogP contribution in [0.2, 0.25) is 0 Å². The maximum atomic E-state index is 10.7. The first-order valence-electron chi connectivity index (χ1n) is 4.11. The van der Waals surface area contributed by atoms with Gasteiger partial charge in [0.05, 0.1) is 4.92 Å². The van der Waals surface area contributed by atoms with E-state index in [1.54, 1.807) is 6.07 Å². The zero-order valence-electron chi connectivity index (χ0n) is 8.34. The van der Waals surface area contributed by atoms with E-state index in [1.807, 2.05) is 0 Å². The number of nitrogens with zero attached hydrogens (tertiary/aromatic N) is 1. The number of hydrogen-bond acceptors (Lipinski definition) is 5. The smallest absolute Gasteiger partial charge is 0.315 e. The highest BCUT2D eigenvalue weighted by Crippen LogP contribution is 2.30. The summed E-state index contributed by atoms with van der Waals surface area (Å²) in [6.07, 6.45) is 0. The van der Waals surface area contributed by atoms with Gasteiger partial charge >= 0.3 is 5.97 Å². The summed E-state index contributed by atoms with van der Waals surface area (Å²) in [5.41, 5.74) is -0.302. The number of para-hydroxylation sites is 1. The Bertz CT molecular complexity index is 361. The van der Waals surface area contributed by atoms with E-state index in [2.05, 4.69) is 0 Å². The SMILES string of the molecule is COC(O)(OC)c1ccccc1[N+](=O)[O-]. The summed E-state index contributed by atoms with van der Waals surface area (Å²) in [5.74, 6) is -2.09. The fourth-order valence-electron chi connectivity index (χ4n) is 1.20. The third kappa shape index (κ3) is 2.12. The fourth-order valence-corrected chi connectivity index (χ4v) is 1.20. The van der Waals surface area contributed by atoms with Crippen LogP contribution in [0, 0.1) is 10.1 Å². The number of ether oxygens (including phenoxy) is 2. The summed E-state index contributed by atoms with van der Waals surface area (Å²) in [7, 11) is 2.39. The van der Waals surface area contributed by atoms with E-state index in [0.717, 1.165) is 0 Å². The average molecular weight is 213 g/mol. The molecule has 0 unspecified atom stereocenters. The molecule has 0 bridgehead atoms. The molecule has 0 radical (unpaired) electrons. The van der Waals surface area contributed by atoms with Crippen LogP contribution in [-0.4, -0.2) is 24.2 Å². The van der Waals surface area contributed by atoms with Crippen molar-refractivity contribution in [2.45, 2.75) is 5.97 Å². The quantitative estimate of drug-likeness (QED) is 0.458. The van der Waals surface area contributed by atoms with E-state index in [1.165, 1.54) is 32.4 Å². The second-order valence-electron chi connectivity index (χ2n) is 2.76. The van der Waals surface area contributed by atoms with Crippen LogP contribution in [0.4, 0.5) is 5.69 Å². The molecule has 0 aliphatic rings. The standard InChI is InChI=1S/C9H11NO5/c1-14-9(11,15-2)7-5-3-4-6-8(7)10(12)13/h3-6,11H,1-2H3. The van der Waals surface area contributed by atoms with Gasteiger partial charge in [-0.15, -0.1) is 0 Å². The lowest BCUT2D eigenvalue weighted by molar-refractivity contribution is -0.399. The Morgan fingerprint density at radius 1 is 1.33 bits per heavy atom. The topological polar surface area (TPSA) is 81.8 Å². The molecule has 1 aromatic carbocycles. The molecule has 0 amide bonds. The van der Waals surface area contributed by atoms with Crippen molar-refractivity contribution in [2.75, 3.05) is 14.2 Å². The fraction of sp³-hybridized carbons (Fsp3) is 0.333. The molecular weight excluding hydrogens is 202 g/mol. The van der Waals surface area contributed by atoms with E-state index in [4.69, 9.17) is 9.47 Å². The van der Waals surface area contributed by atoms with E-state index in [9.17, 15) is 15.2 Å². The van der Waals surface area contributed by atoms with Gasteiger partial charge in [-0.3, -0.25) is 10.1 Å². The Labute approximate surface area is 86.2 Å². The predicted octanol–water partition coefficient (Wildman–Crippen LogP) is 0.990. The van der Waals surface area contributed by atoms with Gasteiger partial charge in [-0.1, -0.05) is 12.1 Å². The van der Waals surface area contributed by atoms with Crippen molar-refractivity contribution in [1.29, 1.82) is 0 Å². The normalized spacial score (nSPS) is 11.4. The van der Waals surface area contributed by atoms with Crippen molar-refractivity contribution in [3.8, 4) is 0 Å². The van der Waals surface area contributed by atoms with Crippen LogP contribution in [0.1, 0.15) is 5.56 Å². The molecule has 1 rings (SSSR count). The Hall–Kier alpha value is -1.50. The van der Waals surface area contributed by atoms with Crippen LogP contribution in [0.3, 0.4) is 0 Å². The van der Waals surface area contributed by atoms with E-state index < -0.39 is 10.9 Å². The van der Waals surface area contributed by atoms with Crippen LogP contribution in [-0.2, 0) is 15.4 Å². The van der Waals surface area contributed by atoms with Gasteiger partial charge in [0.25, 0.3) is 5.69 Å². The van der Waals surface area contributed by atoms with Gasteiger partial charge in [-0.2, -0.15) is 0 Å². The highest BCUT2D eigenvalue weighted by atomic mass is 16.8. The highest BCUT2D eigenvalue weighted by molar-refractivity contribution is 5.41. The zero-order valence-corrected chi connectivity index (χ0v) is 8.34. The first kappa shape index (κ1) is 11.6. The molecule has 1 aromatic rings. The molecule has 0 saturated carbocycles. The molecule has 0 saturated heterocycles. The third-order valence-electron chi connectivity index (χ3n) is 1.99. The van der Waals surface area contributed by atoms with Gasteiger partial charge in [0.2, 0.25) is 0 Å². The number of rotatable bonds is 4. The van der Waals surface area contributed by atoms with Crippen molar-refractivity contribution in [2.24, 2.45) is 0 Å². The molecule has 0 atom stereocenters. The molecule has 6 heteroatoms. The zero-order chi connectivity index (χ0) is 11.5. The maximum absolute atomic E-state index is 10.7. The summed E-state index contributed by atoms with van der Waals surface area (Å²) in [6.45, 7) is 0. The number of aliphatic hydroxyl groups is 1. The first-order valence-corrected chi connectivity index (χ1v) is 4.11. The number of benzene rings is 1. The summed E-state index contributed by atoms with van der Waals surface area (Å²) in [4.78, 5) is 10.1. The molecule has 0 aliphatic heterocycles. The van der Waals surface area contributed by atoms with Crippen LogP contribution in [0.15, 0.2) is 24.3 Å². The first-order chi connectivity index (χ1) is 7.05. The second-order valence-corrected chi connectivity index (χ2v) is 2.76. The van der Waals surface area contributed by atoms with Gasteiger partial charge in [-0.25, -0.2) is 0 Å². The van der Waals surface area contributed by atoms with Gasteiger partial charge in [0.15, 0.2) is 0 Å². The molecule has 0 aliphatic carbocycles. The second kappa shape index (κ2) is 4.35. The van der Waals surface area contributed by atoms with Gasteiger partial charge in [0, 0.05) is 20.3 Å². The molecule has 6 nitrogen and oxygen atoms in total. The van der Waals surface area contributed by atoms with Crippen LogP contribution >= 0.6 is 0 Å². The largest absolute Gasteiger partial charge is 0.339 e. The van der Waals surface area contributed by atoms with Gasteiger partial charge in [0.1, 0.15) is 5.56 Å². The summed E-state index contributed by atoms with van der Waals surface area (Å²) < 4.78 is 9.39. The van der Waals surface area contributed by atoms with Crippen LogP contribution in [0.25, 0.3) is 0 Å². The lowest BCUT2D eigenvalue weighted by Gasteiger charge is -2.23. The molecule has 82 valence electrons. The summed E-state index contributed by atoms with van der Waals surface area (Å²) in [6, 6.07) is 5.67. The molecular formula is C9H11NO5. The van der Waals surface area contributed by atoms with Crippen LogP contribution < -0.4 is 0 Å². The Morgan fingerprint density at radius 3 is 2.33 bits per heavy atom. The average Bonchev–Trinajstić information content (AvgIpc) is 2.28. The van der Waals surface area contributed by atoms with E-state index >= 15 is 0 Å². The van der Waals surface area contributed by atoms with Crippen molar-refractivity contribution < 1.29 is 19.5 Å². The van der Waals surface area contributed by atoms with Gasteiger partial charge in [-0.05, 0) is 6.07 Å². The molecule has 0 spiro atoms. The molecule has 0 aromatic heterocycles. The Morgan fingerprint density at radius 2 is 1.87 bits per heavy atom. The minimum Gasteiger partial charge on any atom is -0.339 e. The minimum absolute atomic E-state index is 0.0417. The van der Waals surface area contributed by atoms with Crippen molar-refractivity contribution in [1.82, 2.24) is 0 Å². The van der Waals surface area contributed by atoms with Gasteiger partial charge < -0.3 is 14.6 Å². The van der Waals surface area contributed by atoms with Crippen molar-refractivity contribution >= 4 is 5.69 Å². The number of nitro benzene ring substituents is 1. The molecule has 1 N–H and O–H groups in total. The predicted molar refractivity (Wildman–Crippen MR) is 51.0 cm³/mol. The van der Waals surface area contributed by atoms with Crippen molar-refractivity contribution in [3.05, 3.63) is 39.9 Å². The number of hydrogen-bond donors (Lipinski definition) is 1. The Kier molecular flexibility index (Phi) is 3.35. The monoisotopic (exact) mass is 213 g/mol. The highest BCUT2D eigenvalue weighted by Gasteiger charge is 2.35. The maximum Gasteiger partial charge on any atom is 0.315 e. The minimum atomic E-state index is -2.09.